The highest BCUT2D eigenvalue weighted by Gasteiger charge is 2.45. The number of allylic oxidation sites excluding steroid dienone is 1. The lowest BCUT2D eigenvalue weighted by atomic mass is 9.74. The third-order valence-corrected chi connectivity index (χ3v) is 5.05. The van der Waals surface area contributed by atoms with E-state index in [2.05, 4.69) is 0 Å². The Morgan fingerprint density at radius 3 is 2.69 bits per heavy atom. The predicted octanol–water partition coefficient (Wildman–Crippen LogP) is 3.00. The zero-order valence-electron chi connectivity index (χ0n) is 15.9. The fourth-order valence-electron chi connectivity index (χ4n) is 3.80. The molecule has 7 heteroatoms. The quantitative estimate of drug-likeness (QED) is 0.583. The summed E-state index contributed by atoms with van der Waals surface area (Å²) in [4.78, 5) is 50.2. The lowest BCUT2D eigenvalue weighted by Gasteiger charge is -2.32. The van der Waals surface area contributed by atoms with Gasteiger partial charge in [0, 0.05) is 29.9 Å². The Morgan fingerprint density at radius 2 is 1.97 bits per heavy atom. The molecule has 0 amide bonds. The zero-order chi connectivity index (χ0) is 20.7. The van der Waals surface area contributed by atoms with Gasteiger partial charge in [-0.15, -0.1) is 0 Å². The molecule has 0 saturated carbocycles. The number of Topliss-reactive ketones (excluding diaryl/α,β-unsaturated/α-hetero) is 2. The molecule has 0 saturated heterocycles. The van der Waals surface area contributed by atoms with Crippen LogP contribution in [0.5, 0.6) is 5.75 Å². The van der Waals surface area contributed by atoms with Crippen molar-refractivity contribution in [2.75, 3.05) is 6.61 Å². The molecule has 1 aliphatic carbocycles. The van der Waals surface area contributed by atoms with Gasteiger partial charge in [0.1, 0.15) is 0 Å². The number of ketones is 2. The van der Waals surface area contributed by atoms with Crippen LogP contribution in [0.3, 0.4) is 0 Å². The summed E-state index contributed by atoms with van der Waals surface area (Å²) in [6.07, 6.45) is 0.228. The van der Waals surface area contributed by atoms with Crippen molar-refractivity contribution in [3.63, 3.8) is 0 Å². The normalized spacial score (nSPS) is 20.3. The minimum atomic E-state index is -0.949. The van der Waals surface area contributed by atoms with E-state index >= 15 is 0 Å². The molecular weight excluding hydrogens is 376 g/mol. The summed E-state index contributed by atoms with van der Waals surface area (Å²) in [5.74, 6) is -2.69. The average Bonchev–Trinajstić information content (AvgIpc) is 2.71. The molecule has 2 aromatic carbocycles. The standard InChI is InChI=1S/C22H18O7/c1-3-27-22(26)17-9-14-16(10-28-17)20(25)18-15(19(14)24)8-12-6-4-5-7-13(12)21(18)29-11(2)23/h4-8,10,14,17H,3,9H2,1-2H3. The summed E-state index contributed by atoms with van der Waals surface area (Å²) in [5.41, 5.74) is 0.368. The number of carbonyl (C=O) groups excluding carboxylic acids is 4. The highest BCUT2D eigenvalue weighted by Crippen LogP contribution is 2.43. The maximum Gasteiger partial charge on any atom is 0.347 e. The number of ether oxygens (including phenoxy) is 3. The number of rotatable bonds is 3. The van der Waals surface area contributed by atoms with Gasteiger partial charge in [0.15, 0.2) is 23.4 Å². The highest BCUT2D eigenvalue weighted by atomic mass is 16.6. The van der Waals surface area contributed by atoms with E-state index < -0.39 is 29.7 Å². The molecule has 0 radical (unpaired) electrons. The summed E-state index contributed by atoms with van der Waals surface area (Å²) < 4.78 is 15.7. The Hall–Kier alpha value is -3.48. The molecule has 2 aromatic rings. The van der Waals surface area contributed by atoms with Crippen molar-refractivity contribution < 1.29 is 33.4 Å². The molecule has 0 fully saturated rings. The number of fused-ring (bicyclic) bond motifs is 3. The first-order valence-electron chi connectivity index (χ1n) is 9.27. The van der Waals surface area contributed by atoms with Crippen molar-refractivity contribution in [2.45, 2.75) is 26.4 Å². The maximum absolute atomic E-state index is 13.3. The van der Waals surface area contributed by atoms with Crippen molar-refractivity contribution in [2.24, 2.45) is 5.92 Å². The van der Waals surface area contributed by atoms with Gasteiger partial charge in [-0.1, -0.05) is 24.3 Å². The molecular formula is C22H18O7. The molecule has 0 N–H and O–H groups in total. The highest BCUT2D eigenvalue weighted by molar-refractivity contribution is 6.27. The maximum atomic E-state index is 13.3. The first-order chi connectivity index (χ1) is 13.9. The van der Waals surface area contributed by atoms with Crippen LogP contribution in [0.25, 0.3) is 10.8 Å². The summed E-state index contributed by atoms with van der Waals surface area (Å²) in [5, 5.41) is 1.23. The topological polar surface area (TPSA) is 96.0 Å². The van der Waals surface area contributed by atoms with Gasteiger partial charge in [0.25, 0.3) is 0 Å². The number of hydrogen-bond donors (Lipinski definition) is 0. The SMILES string of the molecule is CCOC(=O)C1CC2C(=O)c3cc4ccccc4c(OC(C)=O)c3C(=O)C2=CO1. The largest absolute Gasteiger partial charge is 0.486 e. The molecule has 2 unspecified atom stereocenters. The first kappa shape index (κ1) is 18.9. The van der Waals surface area contributed by atoms with Gasteiger partial charge in [0.2, 0.25) is 0 Å². The van der Waals surface area contributed by atoms with E-state index in [4.69, 9.17) is 14.2 Å². The van der Waals surface area contributed by atoms with E-state index in [-0.39, 0.29) is 41.3 Å². The lowest BCUT2D eigenvalue weighted by molar-refractivity contribution is -0.154. The Bertz CT molecular complexity index is 1100. The molecule has 4 rings (SSSR count). The molecule has 2 atom stereocenters. The van der Waals surface area contributed by atoms with Crippen LogP contribution >= 0.6 is 0 Å². The van der Waals surface area contributed by atoms with Crippen LogP contribution < -0.4 is 4.74 Å². The summed E-state index contributed by atoms with van der Waals surface area (Å²) in [6, 6.07) is 8.67. The Balaban J connectivity index is 1.87. The van der Waals surface area contributed by atoms with E-state index in [0.29, 0.717) is 10.8 Å². The monoisotopic (exact) mass is 394 g/mol. The van der Waals surface area contributed by atoms with Crippen LogP contribution in [0.2, 0.25) is 0 Å². The van der Waals surface area contributed by atoms with Gasteiger partial charge >= 0.3 is 11.9 Å². The molecule has 0 bridgehead atoms. The predicted molar refractivity (Wildman–Crippen MR) is 102 cm³/mol. The van der Waals surface area contributed by atoms with Gasteiger partial charge in [-0.2, -0.15) is 0 Å². The van der Waals surface area contributed by atoms with Crippen LogP contribution in [-0.2, 0) is 19.1 Å². The minimum absolute atomic E-state index is 0.0183. The summed E-state index contributed by atoms with van der Waals surface area (Å²) >= 11 is 0. The van der Waals surface area contributed by atoms with Crippen molar-refractivity contribution in [1.82, 2.24) is 0 Å². The summed E-state index contributed by atoms with van der Waals surface area (Å²) in [6.45, 7) is 3.10. The molecule has 2 aliphatic rings. The van der Waals surface area contributed by atoms with Crippen LogP contribution in [0, 0.1) is 5.92 Å². The second kappa shape index (κ2) is 7.16. The third kappa shape index (κ3) is 3.08. The molecule has 7 nitrogen and oxygen atoms in total. The number of carbonyl (C=O) groups is 4. The van der Waals surface area contributed by atoms with Crippen LogP contribution in [-0.4, -0.2) is 36.2 Å². The molecule has 29 heavy (non-hydrogen) atoms. The first-order valence-corrected chi connectivity index (χ1v) is 9.27. The van der Waals surface area contributed by atoms with Crippen LogP contribution in [0.4, 0.5) is 0 Å². The smallest absolute Gasteiger partial charge is 0.347 e. The molecule has 1 aliphatic heterocycles. The van der Waals surface area contributed by atoms with Gasteiger partial charge in [0.05, 0.1) is 24.4 Å². The fourth-order valence-corrected chi connectivity index (χ4v) is 3.80. The fraction of sp³-hybridized carbons (Fsp3) is 0.273. The number of hydrogen-bond acceptors (Lipinski definition) is 7. The van der Waals surface area contributed by atoms with Gasteiger partial charge in [-0.25, -0.2) is 4.79 Å². The average molecular weight is 394 g/mol. The van der Waals surface area contributed by atoms with Crippen molar-refractivity contribution in [3.8, 4) is 5.75 Å². The molecule has 0 spiro atoms. The second-order valence-corrected chi connectivity index (χ2v) is 6.87. The van der Waals surface area contributed by atoms with E-state index in [1.807, 2.05) is 0 Å². The van der Waals surface area contributed by atoms with Crippen LogP contribution in [0.15, 0.2) is 42.2 Å². The third-order valence-electron chi connectivity index (χ3n) is 5.05. The van der Waals surface area contributed by atoms with Gasteiger partial charge < -0.3 is 14.2 Å². The minimum Gasteiger partial charge on any atom is -0.486 e. The molecule has 148 valence electrons. The lowest BCUT2D eigenvalue weighted by Crippen LogP contribution is -2.39. The molecule has 0 aromatic heterocycles. The van der Waals surface area contributed by atoms with Crippen LogP contribution in [0.1, 0.15) is 41.0 Å². The van der Waals surface area contributed by atoms with Crippen molar-refractivity contribution in [1.29, 1.82) is 0 Å². The summed E-state index contributed by atoms with van der Waals surface area (Å²) in [7, 11) is 0. The van der Waals surface area contributed by atoms with E-state index in [9.17, 15) is 19.2 Å². The van der Waals surface area contributed by atoms with Gasteiger partial charge in [-0.05, 0) is 18.4 Å². The number of benzene rings is 2. The van der Waals surface area contributed by atoms with E-state index in [1.165, 1.54) is 6.92 Å². The van der Waals surface area contributed by atoms with Crippen molar-refractivity contribution in [3.05, 3.63) is 53.3 Å². The number of esters is 2. The Morgan fingerprint density at radius 1 is 1.21 bits per heavy atom. The van der Waals surface area contributed by atoms with E-state index in [0.717, 1.165) is 6.26 Å². The second-order valence-electron chi connectivity index (χ2n) is 6.87. The Kier molecular flexibility index (Phi) is 4.66. The van der Waals surface area contributed by atoms with Gasteiger partial charge in [-0.3, -0.25) is 14.4 Å². The Labute approximate surface area is 166 Å². The van der Waals surface area contributed by atoms with Crippen molar-refractivity contribution >= 4 is 34.3 Å². The zero-order valence-corrected chi connectivity index (χ0v) is 15.9. The van der Waals surface area contributed by atoms with E-state index in [1.54, 1.807) is 37.3 Å². The molecule has 1 heterocycles.